The van der Waals surface area contributed by atoms with Crippen LogP contribution in [0, 0.1) is 0 Å². The van der Waals surface area contributed by atoms with E-state index in [9.17, 15) is 8.42 Å². The molecule has 0 amide bonds. The van der Waals surface area contributed by atoms with E-state index in [4.69, 9.17) is 0 Å². The molecule has 2 N–H and O–H groups in total. The predicted octanol–water partition coefficient (Wildman–Crippen LogP) is 2.10. The molecular formula is C15H19N5O2S. The van der Waals surface area contributed by atoms with Gasteiger partial charge in [0.1, 0.15) is 17.5 Å². The Bertz CT molecular complexity index is 955. The van der Waals surface area contributed by atoms with Crippen LogP contribution in [0.1, 0.15) is 19.8 Å². The van der Waals surface area contributed by atoms with E-state index in [1.165, 1.54) is 0 Å². The predicted molar refractivity (Wildman–Crippen MR) is 91.4 cm³/mol. The fraction of sp³-hybridized carbons (Fsp3) is 0.333. The van der Waals surface area contributed by atoms with Gasteiger partial charge in [-0.2, -0.15) is 0 Å². The first-order valence-electron chi connectivity index (χ1n) is 7.46. The zero-order valence-corrected chi connectivity index (χ0v) is 13.7. The number of aromatic amines is 1. The first kappa shape index (κ1) is 15.7. The Kier molecular flexibility index (Phi) is 4.18. The summed E-state index contributed by atoms with van der Waals surface area (Å²) in [5, 5.41) is 0.965. The molecule has 23 heavy (non-hydrogen) atoms. The molecule has 0 spiro atoms. The SMILES string of the molecule is C=C(CCNS(=O)(=O)CCC)n1cnc2cnc3[nH]ccc3c21. The van der Waals surface area contributed by atoms with Gasteiger partial charge in [-0.3, -0.25) is 0 Å². The highest BCUT2D eigenvalue weighted by atomic mass is 32.2. The minimum absolute atomic E-state index is 0.142. The van der Waals surface area contributed by atoms with E-state index < -0.39 is 10.0 Å². The Morgan fingerprint density at radius 3 is 3.04 bits per heavy atom. The van der Waals surface area contributed by atoms with Crippen LogP contribution in [0.5, 0.6) is 0 Å². The fourth-order valence-electron chi connectivity index (χ4n) is 2.56. The van der Waals surface area contributed by atoms with Crippen molar-refractivity contribution in [3.8, 4) is 0 Å². The second-order valence-corrected chi connectivity index (χ2v) is 7.30. The summed E-state index contributed by atoms with van der Waals surface area (Å²) in [6.07, 6.45) is 6.34. The van der Waals surface area contributed by atoms with Crippen LogP contribution in [0.2, 0.25) is 0 Å². The van der Waals surface area contributed by atoms with Gasteiger partial charge in [-0.05, 0) is 12.5 Å². The lowest BCUT2D eigenvalue weighted by atomic mass is 10.2. The molecular weight excluding hydrogens is 314 g/mol. The van der Waals surface area contributed by atoms with Crippen LogP contribution in [0.4, 0.5) is 0 Å². The van der Waals surface area contributed by atoms with Crippen molar-refractivity contribution < 1.29 is 8.42 Å². The molecule has 0 aliphatic carbocycles. The minimum atomic E-state index is -3.20. The van der Waals surface area contributed by atoms with E-state index in [-0.39, 0.29) is 5.75 Å². The highest BCUT2D eigenvalue weighted by molar-refractivity contribution is 7.89. The lowest BCUT2D eigenvalue weighted by Crippen LogP contribution is -2.27. The third-order valence-electron chi connectivity index (χ3n) is 3.64. The van der Waals surface area contributed by atoms with Crippen molar-refractivity contribution in [2.45, 2.75) is 19.8 Å². The zero-order valence-electron chi connectivity index (χ0n) is 12.9. The number of H-pyrrole nitrogens is 1. The van der Waals surface area contributed by atoms with Gasteiger partial charge in [-0.15, -0.1) is 0 Å². The van der Waals surface area contributed by atoms with Crippen LogP contribution >= 0.6 is 0 Å². The second-order valence-electron chi connectivity index (χ2n) is 5.38. The van der Waals surface area contributed by atoms with Gasteiger partial charge in [-0.25, -0.2) is 23.1 Å². The zero-order chi connectivity index (χ0) is 16.4. The summed E-state index contributed by atoms with van der Waals surface area (Å²) in [6.45, 7) is 6.22. The summed E-state index contributed by atoms with van der Waals surface area (Å²) in [5.41, 5.74) is 3.28. The molecule has 0 fully saturated rings. The van der Waals surface area contributed by atoms with Gasteiger partial charge in [0.05, 0.1) is 17.5 Å². The van der Waals surface area contributed by atoms with E-state index in [1.807, 2.05) is 23.8 Å². The normalized spacial score (nSPS) is 12.2. The Morgan fingerprint density at radius 1 is 1.43 bits per heavy atom. The molecule has 3 heterocycles. The molecule has 122 valence electrons. The van der Waals surface area contributed by atoms with Crippen molar-refractivity contribution in [1.82, 2.24) is 24.2 Å². The molecule has 3 rings (SSSR count). The number of rotatable bonds is 7. The monoisotopic (exact) mass is 333 g/mol. The van der Waals surface area contributed by atoms with Crippen LogP contribution in [-0.4, -0.2) is 40.2 Å². The summed E-state index contributed by atoms with van der Waals surface area (Å²) >= 11 is 0. The maximum atomic E-state index is 11.7. The van der Waals surface area contributed by atoms with Crippen LogP contribution in [0.25, 0.3) is 27.8 Å². The lowest BCUT2D eigenvalue weighted by molar-refractivity contribution is 0.581. The van der Waals surface area contributed by atoms with Crippen LogP contribution in [0.3, 0.4) is 0 Å². The third kappa shape index (κ3) is 3.13. The molecule has 7 nitrogen and oxygen atoms in total. The van der Waals surface area contributed by atoms with E-state index in [2.05, 4.69) is 26.3 Å². The molecule has 0 saturated heterocycles. The average Bonchev–Trinajstić information content (AvgIpc) is 3.12. The molecule has 0 saturated carbocycles. The summed E-state index contributed by atoms with van der Waals surface area (Å²) < 4.78 is 27.8. The summed E-state index contributed by atoms with van der Waals surface area (Å²) in [5.74, 6) is 0.142. The number of nitrogens with one attached hydrogen (secondary N) is 2. The van der Waals surface area contributed by atoms with Gasteiger partial charge in [0, 0.05) is 30.2 Å². The number of sulfonamides is 1. The number of hydrogen-bond donors (Lipinski definition) is 2. The number of fused-ring (bicyclic) bond motifs is 3. The van der Waals surface area contributed by atoms with Crippen LogP contribution < -0.4 is 4.72 Å². The van der Waals surface area contributed by atoms with E-state index in [1.54, 1.807) is 12.5 Å². The molecule has 0 aromatic carbocycles. The van der Waals surface area contributed by atoms with Crippen molar-refractivity contribution in [1.29, 1.82) is 0 Å². The minimum Gasteiger partial charge on any atom is -0.346 e. The first-order chi connectivity index (χ1) is 11.0. The van der Waals surface area contributed by atoms with Gasteiger partial charge in [-0.1, -0.05) is 13.5 Å². The topological polar surface area (TPSA) is 92.7 Å². The Labute approximate surface area is 134 Å². The molecule has 0 aliphatic rings. The van der Waals surface area contributed by atoms with Crippen LogP contribution in [-0.2, 0) is 10.0 Å². The molecule has 8 heteroatoms. The quantitative estimate of drug-likeness (QED) is 0.692. The van der Waals surface area contributed by atoms with Crippen molar-refractivity contribution in [3.05, 3.63) is 31.4 Å². The third-order valence-corrected chi connectivity index (χ3v) is 5.23. The van der Waals surface area contributed by atoms with Gasteiger partial charge in [0.15, 0.2) is 0 Å². The molecule has 3 aromatic heterocycles. The molecule has 0 radical (unpaired) electrons. The highest BCUT2D eigenvalue weighted by Crippen LogP contribution is 2.24. The van der Waals surface area contributed by atoms with Crippen molar-refractivity contribution in [2.75, 3.05) is 12.3 Å². The number of imidazole rings is 1. The van der Waals surface area contributed by atoms with Crippen molar-refractivity contribution in [3.63, 3.8) is 0 Å². The molecule has 3 aromatic rings. The largest absolute Gasteiger partial charge is 0.346 e. The maximum Gasteiger partial charge on any atom is 0.211 e. The van der Waals surface area contributed by atoms with Gasteiger partial charge < -0.3 is 9.55 Å². The smallest absolute Gasteiger partial charge is 0.211 e. The molecule has 0 aliphatic heterocycles. The second kappa shape index (κ2) is 6.13. The molecule has 0 bridgehead atoms. The summed E-state index contributed by atoms with van der Waals surface area (Å²) in [7, 11) is -3.20. The summed E-state index contributed by atoms with van der Waals surface area (Å²) in [6, 6.07) is 1.94. The Hall–Kier alpha value is -2.19. The van der Waals surface area contributed by atoms with E-state index in [0.29, 0.717) is 19.4 Å². The molecule has 0 unspecified atom stereocenters. The van der Waals surface area contributed by atoms with Gasteiger partial charge in [0.25, 0.3) is 0 Å². The number of hydrogen-bond acceptors (Lipinski definition) is 4. The van der Waals surface area contributed by atoms with E-state index in [0.717, 1.165) is 27.8 Å². The number of nitrogens with zero attached hydrogens (tertiary/aromatic N) is 3. The summed E-state index contributed by atoms with van der Waals surface area (Å²) in [4.78, 5) is 11.7. The maximum absolute atomic E-state index is 11.7. The van der Waals surface area contributed by atoms with Crippen LogP contribution in [0.15, 0.2) is 31.4 Å². The lowest BCUT2D eigenvalue weighted by Gasteiger charge is -2.10. The van der Waals surface area contributed by atoms with E-state index >= 15 is 0 Å². The number of pyridine rings is 1. The number of aromatic nitrogens is 4. The first-order valence-corrected chi connectivity index (χ1v) is 9.11. The van der Waals surface area contributed by atoms with Gasteiger partial charge >= 0.3 is 0 Å². The van der Waals surface area contributed by atoms with Crippen molar-refractivity contribution in [2.24, 2.45) is 0 Å². The Balaban J connectivity index is 1.80. The Morgan fingerprint density at radius 2 is 2.26 bits per heavy atom. The van der Waals surface area contributed by atoms with Gasteiger partial charge in [0.2, 0.25) is 10.0 Å². The fourth-order valence-corrected chi connectivity index (χ4v) is 3.66. The standard InChI is InChI=1S/C15H19N5O2S/c1-3-8-23(21,22)19-7-4-11(2)20-10-18-13-9-17-15-12(14(13)20)5-6-16-15/h5-6,9-10,19H,2-4,7-8H2,1H3,(H,16,17). The van der Waals surface area contributed by atoms with Crippen molar-refractivity contribution >= 4 is 37.8 Å². The highest BCUT2D eigenvalue weighted by Gasteiger charge is 2.12. The average molecular weight is 333 g/mol. The molecule has 0 atom stereocenters.